The molecular weight excluding hydrogens is 218 g/mol. The summed E-state index contributed by atoms with van der Waals surface area (Å²) in [7, 11) is 0. The maximum Gasteiger partial charge on any atom is 0.222 e. The van der Waals surface area contributed by atoms with Gasteiger partial charge in [-0.1, -0.05) is 6.92 Å². The Labute approximate surface area is 103 Å². The maximum absolute atomic E-state index is 11.7. The van der Waals surface area contributed by atoms with Gasteiger partial charge in [0.05, 0.1) is 25.7 Å². The van der Waals surface area contributed by atoms with Crippen LogP contribution in [0.3, 0.4) is 0 Å². The van der Waals surface area contributed by atoms with Crippen LogP contribution in [0.4, 0.5) is 0 Å². The molecule has 17 heavy (non-hydrogen) atoms. The van der Waals surface area contributed by atoms with Gasteiger partial charge in [-0.25, -0.2) is 0 Å². The first kappa shape index (κ1) is 13.9. The van der Waals surface area contributed by atoms with Crippen molar-refractivity contribution in [1.82, 2.24) is 9.80 Å². The van der Waals surface area contributed by atoms with Gasteiger partial charge in [-0.15, -0.1) is 0 Å². The SMILES string of the molecule is CCC(=O)N(CCC#N)CCN1CCOCC1. The molecule has 0 N–H and O–H groups in total. The van der Waals surface area contributed by atoms with E-state index in [1.54, 1.807) is 4.90 Å². The summed E-state index contributed by atoms with van der Waals surface area (Å²) in [6, 6.07) is 2.09. The van der Waals surface area contributed by atoms with Crippen molar-refractivity contribution in [3.05, 3.63) is 0 Å². The number of morpholine rings is 1. The zero-order valence-corrected chi connectivity index (χ0v) is 10.5. The Morgan fingerprint density at radius 1 is 1.41 bits per heavy atom. The Morgan fingerprint density at radius 2 is 2.12 bits per heavy atom. The smallest absolute Gasteiger partial charge is 0.222 e. The second-order valence-corrected chi connectivity index (χ2v) is 4.10. The second kappa shape index (κ2) is 8.04. The molecular formula is C12H21N3O2. The molecule has 1 amide bonds. The van der Waals surface area contributed by atoms with Crippen molar-refractivity contribution in [2.45, 2.75) is 19.8 Å². The fourth-order valence-corrected chi connectivity index (χ4v) is 1.86. The van der Waals surface area contributed by atoms with Crippen molar-refractivity contribution in [3.63, 3.8) is 0 Å². The quantitative estimate of drug-likeness (QED) is 0.676. The van der Waals surface area contributed by atoms with Crippen molar-refractivity contribution in [3.8, 4) is 6.07 Å². The normalized spacial score (nSPS) is 16.5. The molecule has 0 spiro atoms. The standard InChI is InChI=1S/C12H21N3O2/c1-2-12(16)15(5-3-4-13)7-6-14-8-10-17-11-9-14/h2-3,5-11H2,1H3. The highest BCUT2D eigenvalue weighted by atomic mass is 16.5. The third-order valence-electron chi connectivity index (χ3n) is 2.94. The van der Waals surface area contributed by atoms with E-state index in [2.05, 4.69) is 11.0 Å². The largest absolute Gasteiger partial charge is 0.379 e. The lowest BCUT2D eigenvalue weighted by Crippen LogP contribution is -2.43. The van der Waals surface area contributed by atoms with E-state index in [9.17, 15) is 4.79 Å². The van der Waals surface area contributed by atoms with Gasteiger partial charge in [-0.3, -0.25) is 9.69 Å². The Bertz CT molecular complexity index is 269. The monoisotopic (exact) mass is 239 g/mol. The van der Waals surface area contributed by atoms with Gasteiger partial charge in [0, 0.05) is 39.1 Å². The molecule has 1 aliphatic rings. The average molecular weight is 239 g/mol. The number of amides is 1. The Hall–Kier alpha value is -1.12. The Kier molecular flexibility index (Phi) is 6.60. The average Bonchev–Trinajstić information content (AvgIpc) is 2.39. The van der Waals surface area contributed by atoms with Crippen molar-refractivity contribution in [2.24, 2.45) is 0 Å². The first-order chi connectivity index (χ1) is 8.27. The van der Waals surface area contributed by atoms with E-state index in [1.165, 1.54) is 0 Å². The van der Waals surface area contributed by atoms with Crippen LogP contribution in [0.1, 0.15) is 19.8 Å². The Morgan fingerprint density at radius 3 is 2.71 bits per heavy atom. The number of hydrogen-bond acceptors (Lipinski definition) is 4. The van der Waals surface area contributed by atoms with E-state index in [4.69, 9.17) is 10.00 Å². The van der Waals surface area contributed by atoms with Gasteiger partial charge >= 0.3 is 0 Å². The van der Waals surface area contributed by atoms with E-state index in [-0.39, 0.29) is 5.91 Å². The minimum Gasteiger partial charge on any atom is -0.379 e. The van der Waals surface area contributed by atoms with Crippen LogP contribution in [0, 0.1) is 11.3 Å². The first-order valence-corrected chi connectivity index (χ1v) is 6.22. The third-order valence-corrected chi connectivity index (χ3v) is 2.94. The van der Waals surface area contributed by atoms with Gasteiger partial charge < -0.3 is 9.64 Å². The van der Waals surface area contributed by atoms with Gasteiger partial charge in [0.15, 0.2) is 0 Å². The molecule has 0 aliphatic carbocycles. The van der Waals surface area contributed by atoms with Crippen LogP contribution >= 0.6 is 0 Å². The molecule has 0 radical (unpaired) electrons. The van der Waals surface area contributed by atoms with Crippen LogP contribution < -0.4 is 0 Å². The molecule has 0 aromatic carbocycles. The minimum absolute atomic E-state index is 0.133. The molecule has 1 aliphatic heterocycles. The highest BCUT2D eigenvalue weighted by Crippen LogP contribution is 2.00. The zero-order valence-electron chi connectivity index (χ0n) is 10.5. The maximum atomic E-state index is 11.7. The van der Waals surface area contributed by atoms with E-state index >= 15 is 0 Å². The summed E-state index contributed by atoms with van der Waals surface area (Å²) in [5, 5.41) is 8.57. The summed E-state index contributed by atoms with van der Waals surface area (Å²) in [6.45, 7) is 7.43. The van der Waals surface area contributed by atoms with Gasteiger partial charge in [0.25, 0.3) is 0 Å². The van der Waals surface area contributed by atoms with E-state index < -0.39 is 0 Å². The Balaban J connectivity index is 2.31. The van der Waals surface area contributed by atoms with Crippen LogP contribution in [0.2, 0.25) is 0 Å². The summed E-state index contributed by atoms with van der Waals surface area (Å²) < 4.78 is 5.27. The summed E-state index contributed by atoms with van der Waals surface area (Å²) in [4.78, 5) is 15.8. The van der Waals surface area contributed by atoms with Crippen LogP contribution in [0.25, 0.3) is 0 Å². The fourth-order valence-electron chi connectivity index (χ4n) is 1.86. The highest BCUT2D eigenvalue weighted by Gasteiger charge is 2.14. The van der Waals surface area contributed by atoms with Crippen LogP contribution in [-0.4, -0.2) is 61.6 Å². The highest BCUT2D eigenvalue weighted by molar-refractivity contribution is 5.75. The minimum atomic E-state index is 0.133. The lowest BCUT2D eigenvalue weighted by molar-refractivity contribution is -0.131. The predicted molar refractivity (Wildman–Crippen MR) is 64.4 cm³/mol. The third kappa shape index (κ3) is 5.16. The molecule has 96 valence electrons. The van der Waals surface area contributed by atoms with Crippen molar-refractivity contribution >= 4 is 5.91 Å². The summed E-state index contributed by atoms with van der Waals surface area (Å²) in [6.07, 6.45) is 0.920. The molecule has 1 heterocycles. The molecule has 0 saturated carbocycles. The van der Waals surface area contributed by atoms with Gasteiger partial charge in [0.1, 0.15) is 0 Å². The van der Waals surface area contributed by atoms with Crippen LogP contribution in [0.5, 0.6) is 0 Å². The summed E-state index contributed by atoms with van der Waals surface area (Å²) >= 11 is 0. The van der Waals surface area contributed by atoms with E-state index in [0.29, 0.717) is 25.9 Å². The zero-order chi connectivity index (χ0) is 12.5. The van der Waals surface area contributed by atoms with Crippen molar-refractivity contribution < 1.29 is 9.53 Å². The molecule has 5 nitrogen and oxygen atoms in total. The fraction of sp³-hybridized carbons (Fsp3) is 0.833. The number of hydrogen-bond donors (Lipinski definition) is 0. The molecule has 1 saturated heterocycles. The summed E-state index contributed by atoms with van der Waals surface area (Å²) in [5.41, 5.74) is 0. The van der Waals surface area contributed by atoms with Crippen LogP contribution in [-0.2, 0) is 9.53 Å². The van der Waals surface area contributed by atoms with Crippen LogP contribution in [0.15, 0.2) is 0 Å². The van der Waals surface area contributed by atoms with Crippen molar-refractivity contribution in [1.29, 1.82) is 5.26 Å². The number of rotatable bonds is 6. The number of nitriles is 1. The van der Waals surface area contributed by atoms with Crippen molar-refractivity contribution in [2.75, 3.05) is 45.9 Å². The van der Waals surface area contributed by atoms with E-state index in [1.807, 2.05) is 6.92 Å². The van der Waals surface area contributed by atoms with Gasteiger partial charge in [-0.05, 0) is 0 Å². The molecule has 1 rings (SSSR count). The topological polar surface area (TPSA) is 56.6 Å². The predicted octanol–water partition coefficient (Wildman–Crippen LogP) is 0.471. The number of carbonyl (C=O) groups excluding carboxylic acids is 1. The number of ether oxygens (including phenoxy) is 1. The van der Waals surface area contributed by atoms with E-state index in [0.717, 1.165) is 32.8 Å². The molecule has 0 aromatic heterocycles. The molecule has 0 bridgehead atoms. The number of nitrogens with zero attached hydrogens (tertiary/aromatic N) is 3. The summed E-state index contributed by atoms with van der Waals surface area (Å²) in [5.74, 6) is 0.133. The second-order valence-electron chi connectivity index (χ2n) is 4.10. The molecule has 1 fully saturated rings. The first-order valence-electron chi connectivity index (χ1n) is 6.22. The molecule has 0 aromatic rings. The number of carbonyl (C=O) groups is 1. The molecule has 5 heteroatoms. The van der Waals surface area contributed by atoms with Gasteiger partial charge in [-0.2, -0.15) is 5.26 Å². The lowest BCUT2D eigenvalue weighted by Gasteiger charge is -2.29. The van der Waals surface area contributed by atoms with Gasteiger partial charge in [0.2, 0.25) is 5.91 Å². The molecule has 0 unspecified atom stereocenters. The lowest BCUT2D eigenvalue weighted by atomic mass is 10.3. The molecule has 0 atom stereocenters.